The van der Waals surface area contributed by atoms with Gasteiger partial charge in [-0.05, 0) is 6.54 Å². The van der Waals surface area contributed by atoms with Crippen molar-refractivity contribution in [3.8, 4) is 0 Å². The number of nitrogens with zero attached hydrogens (tertiary/aromatic N) is 1. The highest BCUT2D eigenvalue weighted by atomic mass is 32.2. The van der Waals surface area contributed by atoms with Crippen LogP contribution in [0.2, 0.25) is 0 Å². The minimum atomic E-state index is -2.87. The van der Waals surface area contributed by atoms with E-state index in [9.17, 15) is 8.42 Å². The average molecular weight is 250 g/mol. The molecule has 1 aliphatic rings. The Hall–Kier alpha value is -0.170. The van der Waals surface area contributed by atoms with Crippen LogP contribution in [0.3, 0.4) is 0 Å². The summed E-state index contributed by atoms with van der Waals surface area (Å²) in [4.78, 5) is 2.20. The number of hydrogen-bond acceptors (Lipinski definition) is 5. The number of hydrogen-bond donors (Lipinski definition) is 1. The highest BCUT2D eigenvalue weighted by molar-refractivity contribution is 7.90. The summed E-state index contributed by atoms with van der Waals surface area (Å²) in [6, 6.07) is 0.301. The van der Waals surface area contributed by atoms with Crippen LogP contribution in [0.1, 0.15) is 6.92 Å². The van der Waals surface area contributed by atoms with Crippen LogP contribution in [0.25, 0.3) is 0 Å². The molecule has 1 saturated heterocycles. The van der Waals surface area contributed by atoms with Gasteiger partial charge in [-0.25, -0.2) is 8.42 Å². The third-order valence-corrected chi connectivity index (χ3v) is 3.65. The first-order valence-electron chi connectivity index (χ1n) is 5.73. The monoisotopic (exact) mass is 250 g/mol. The van der Waals surface area contributed by atoms with Gasteiger partial charge in [-0.2, -0.15) is 0 Å². The molecule has 0 bridgehead atoms. The Morgan fingerprint density at radius 1 is 1.50 bits per heavy atom. The smallest absolute Gasteiger partial charge is 0.148 e. The Balaban J connectivity index is 2.40. The van der Waals surface area contributed by atoms with Crippen LogP contribution in [0.4, 0.5) is 0 Å². The molecular formula is C10H22N2O3S. The predicted octanol–water partition coefficient (Wildman–Crippen LogP) is -0.659. The Labute approximate surface area is 98.1 Å². The molecule has 0 amide bonds. The van der Waals surface area contributed by atoms with E-state index in [0.717, 1.165) is 19.6 Å². The Bertz CT molecular complexity index is 292. The fourth-order valence-electron chi connectivity index (χ4n) is 1.77. The molecule has 1 unspecified atom stereocenters. The topological polar surface area (TPSA) is 58.6 Å². The van der Waals surface area contributed by atoms with E-state index in [-0.39, 0.29) is 5.75 Å². The molecule has 1 aliphatic heterocycles. The first kappa shape index (κ1) is 13.9. The van der Waals surface area contributed by atoms with E-state index >= 15 is 0 Å². The van der Waals surface area contributed by atoms with Gasteiger partial charge in [0, 0.05) is 31.9 Å². The van der Waals surface area contributed by atoms with Gasteiger partial charge in [-0.1, -0.05) is 6.92 Å². The van der Waals surface area contributed by atoms with E-state index < -0.39 is 9.84 Å². The van der Waals surface area contributed by atoms with Crippen LogP contribution in [-0.2, 0) is 14.6 Å². The number of likely N-dealkylation sites (N-methyl/N-ethyl adjacent to an activating group) is 1. The zero-order valence-corrected chi connectivity index (χ0v) is 10.9. The van der Waals surface area contributed by atoms with Crippen LogP contribution in [0, 0.1) is 0 Å². The average Bonchev–Trinajstić information content (AvgIpc) is 2.23. The lowest BCUT2D eigenvalue weighted by Gasteiger charge is -2.35. The summed E-state index contributed by atoms with van der Waals surface area (Å²) in [7, 11) is -2.87. The Morgan fingerprint density at radius 2 is 2.25 bits per heavy atom. The summed E-state index contributed by atoms with van der Waals surface area (Å²) in [6.07, 6.45) is 1.28. The zero-order valence-electron chi connectivity index (χ0n) is 10.1. The molecule has 0 aromatic rings. The zero-order chi connectivity index (χ0) is 12.0. The van der Waals surface area contributed by atoms with Crippen molar-refractivity contribution in [2.45, 2.75) is 13.0 Å². The maximum atomic E-state index is 11.1. The third kappa shape index (κ3) is 5.25. The van der Waals surface area contributed by atoms with Crippen molar-refractivity contribution < 1.29 is 13.2 Å². The third-order valence-electron chi connectivity index (χ3n) is 2.73. The number of nitrogens with one attached hydrogen (secondary N) is 1. The van der Waals surface area contributed by atoms with Crippen molar-refractivity contribution in [1.29, 1.82) is 0 Å². The Morgan fingerprint density at radius 3 is 2.88 bits per heavy atom. The SMILES string of the molecule is CCNCC1COCCN1CCS(C)(=O)=O. The first-order valence-corrected chi connectivity index (χ1v) is 7.79. The summed E-state index contributed by atoms with van der Waals surface area (Å²) < 4.78 is 27.7. The minimum absolute atomic E-state index is 0.232. The highest BCUT2D eigenvalue weighted by Gasteiger charge is 2.23. The van der Waals surface area contributed by atoms with Crippen LogP contribution in [0.15, 0.2) is 0 Å². The molecule has 1 atom stereocenters. The van der Waals surface area contributed by atoms with Gasteiger partial charge in [0.25, 0.3) is 0 Å². The van der Waals surface area contributed by atoms with Crippen molar-refractivity contribution in [2.24, 2.45) is 0 Å². The molecule has 0 aromatic heterocycles. The lowest BCUT2D eigenvalue weighted by Crippen LogP contribution is -2.51. The minimum Gasteiger partial charge on any atom is -0.378 e. The fourth-order valence-corrected chi connectivity index (χ4v) is 2.33. The van der Waals surface area contributed by atoms with Gasteiger partial charge < -0.3 is 10.1 Å². The van der Waals surface area contributed by atoms with Gasteiger partial charge in [-0.3, -0.25) is 4.90 Å². The van der Waals surface area contributed by atoms with E-state index in [2.05, 4.69) is 17.1 Å². The van der Waals surface area contributed by atoms with E-state index in [1.807, 2.05) is 0 Å². The lowest BCUT2D eigenvalue weighted by atomic mass is 10.2. The van der Waals surface area contributed by atoms with E-state index in [1.165, 1.54) is 6.26 Å². The number of morpholine rings is 1. The van der Waals surface area contributed by atoms with Crippen LogP contribution >= 0.6 is 0 Å². The van der Waals surface area contributed by atoms with Gasteiger partial charge in [0.15, 0.2) is 0 Å². The van der Waals surface area contributed by atoms with E-state index in [1.54, 1.807) is 0 Å². The molecule has 1 rings (SSSR count). The Kier molecular flexibility index (Phi) is 5.68. The summed E-state index contributed by atoms with van der Waals surface area (Å²) in [5, 5.41) is 3.27. The first-order chi connectivity index (χ1) is 7.53. The molecule has 16 heavy (non-hydrogen) atoms. The second kappa shape index (κ2) is 6.54. The van der Waals surface area contributed by atoms with Crippen LogP contribution in [0.5, 0.6) is 0 Å². The molecule has 0 aromatic carbocycles. The summed E-state index contributed by atoms with van der Waals surface area (Å²) in [5.41, 5.74) is 0. The standard InChI is InChI=1S/C10H22N2O3S/c1-3-11-8-10-9-15-6-4-12(10)5-7-16(2,13)14/h10-11H,3-9H2,1-2H3. The van der Waals surface area contributed by atoms with E-state index in [4.69, 9.17) is 4.74 Å². The summed E-state index contributed by atoms with van der Waals surface area (Å²) in [6.45, 7) is 6.67. The van der Waals surface area contributed by atoms with Crippen molar-refractivity contribution in [3.05, 3.63) is 0 Å². The van der Waals surface area contributed by atoms with Crippen LogP contribution < -0.4 is 5.32 Å². The molecule has 1 heterocycles. The molecule has 1 fully saturated rings. The van der Waals surface area contributed by atoms with Gasteiger partial charge >= 0.3 is 0 Å². The number of sulfone groups is 1. The van der Waals surface area contributed by atoms with Crippen molar-refractivity contribution in [1.82, 2.24) is 10.2 Å². The second-order valence-electron chi connectivity index (χ2n) is 4.20. The number of rotatable bonds is 6. The van der Waals surface area contributed by atoms with Gasteiger partial charge in [0.2, 0.25) is 0 Å². The molecule has 0 saturated carbocycles. The molecular weight excluding hydrogens is 228 g/mol. The van der Waals surface area contributed by atoms with Crippen molar-refractivity contribution in [3.63, 3.8) is 0 Å². The van der Waals surface area contributed by atoms with Gasteiger partial charge in [0.05, 0.1) is 19.0 Å². The molecule has 1 N–H and O–H groups in total. The maximum Gasteiger partial charge on any atom is 0.148 e. The van der Waals surface area contributed by atoms with Gasteiger partial charge in [0.1, 0.15) is 9.84 Å². The molecule has 96 valence electrons. The molecule has 5 nitrogen and oxygen atoms in total. The van der Waals surface area contributed by atoms with Crippen molar-refractivity contribution in [2.75, 3.05) is 51.4 Å². The maximum absolute atomic E-state index is 11.1. The van der Waals surface area contributed by atoms with Crippen molar-refractivity contribution >= 4 is 9.84 Å². The predicted molar refractivity (Wildman–Crippen MR) is 64.4 cm³/mol. The van der Waals surface area contributed by atoms with Crippen LogP contribution in [-0.4, -0.2) is 70.8 Å². The second-order valence-corrected chi connectivity index (χ2v) is 6.46. The fraction of sp³-hybridized carbons (Fsp3) is 1.00. The summed E-state index contributed by atoms with van der Waals surface area (Å²) >= 11 is 0. The van der Waals surface area contributed by atoms with Gasteiger partial charge in [-0.15, -0.1) is 0 Å². The number of ether oxygens (including phenoxy) is 1. The summed E-state index contributed by atoms with van der Waals surface area (Å²) in [5.74, 6) is 0.232. The lowest BCUT2D eigenvalue weighted by molar-refractivity contribution is -0.00357. The quantitative estimate of drug-likeness (QED) is 0.678. The molecule has 6 heteroatoms. The largest absolute Gasteiger partial charge is 0.378 e. The highest BCUT2D eigenvalue weighted by Crippen LogP contribution is 2.06. The molecule has 0 radical (unpaired) electrons. The normalized spacial score (nSPS) is 23.5. The van der Waals surface area contributed by atoms with E-state index in [0.29, 0.717) is 25.8 Å². The molecule has 0 aliphatic carbocycles. The molecule has 0 spiro atoms.